The maximum atomic E-state index is 11.0. The summed E-state index contributed by atoms with van der Waals surface area (Å²) < 4.78 is 0. The molecule has 2 fully saturated rings. The van der Waals surface area contributed by atoms with Crippen molar-refractivity contribution in [3.63, 3.8) is 0 Å². The van der Waals surface area contributed by atoms with Crippen molar-refractivity contribution in [3.05, 3.63) is 28.8 Å². The first-order valence-corrected chi connectivity index (χ1v) is 9.50. The number of halogens is 1. The summed E-state index contributed by atoms with van der Waals surface area (Å²) in [5.41, 5.74) is 2.82. The second-order valence-electron chi connectivity index (χ2n) is 7.94. The lowest BCUT2D eigenvalue weighted by Crippen LogP contribution is -2.46. The molecule has 0 aromatic heterocycles. The molecule has 1 N–H and O–H groups in total. The standard InChI is InChI=1S/C20H28ClNO2/c1-14-3-4-17(21)18(11-14)22-9-7-20(8-10-22)6-5-16(12-15(20)2)13-19(23)24/h3-4,11,15-16H,5-10,12-13H2,1-2H3,(H,23,24). The molecule has 1 heterocycles. The lowest BCUT2D eigenvalue weighted by atomic mass is 9.59. The number of carboxylic acids is 1. The van der Waals surface area contributed by atoms with Crippen LogP contribution in [0.25, 0.3) is 0 Å². The number of benzene rings is 1. The Bertz CT molecular complexity index is 608. The van der Waals surface area contributed by atoms with E-state index in [0.717, 1.165) is 31.0 Å². The third-order valence-electron chi connectivity index (χ3n) is 6.45. The van der Waals surface area contributed by atoms with Gasteiger partial charge in [0, 0.05) is 19.5 Å². The quantitative estimate of drug-likeness (QED) is 0.820. The van der Waals surface area contributed by atoms with Gasteiger partial charge < -0.3 is 10.0 Å². The van der Waals surface area contributed by atoms with Crippen molar-refractivity contribution in [2.45, 2.75) is 52.4 Å². The minimum Gasteiger partial charge on any atom is -0.481 e. The number of nitrogens with zero attached hydrogens (tertiary/aromatic N) is 1. The first-order valence-electron chi connectivity index (χ1n) is 9.12. The third kappa shape index (κ3) is 3.56. The van der Waals surface area contributed by atoms with Gasteiger partial charge in [0.1, 0.15) is 0 Å². The second kappa shape index (κ2) is 6.95. The molecule has 1 aliphatic carbocycles. The van der Waals surface area contributed by atoms with Gasteiger partial charge in [0.2, 0.25) is 0 Å². The predicted octanol–water partition coefficient (Wildman–Crippen LogP) is 5.15. The Morgan fingerprint density at radius 1 is 1.33 bits per heavy atom. The molecule has 2 unspecified atom stereocenters. The Morgan fingerprint density at radius 3 is 2.67 bits per heavy atom. The van der Waals surface area contributed by atoms with Gasteiger partial charge in [-0.25, -0.2) is 0 Å². The average Bonchev–Trinajstić information content (AvgIpc) is 2.54. The zero-order chi connectivity index (χ0) is 17.3. The van der Waals surface area contributed by atoms with E-state index in [2.05, 4.69) is 30.9 Å². The molecule has 0 bridgehead atoms. The highest BCUT2D eigenvalue weighted by molar-refractivity contribution is 6.33. The summed E-state index contributed by atoms with van der Waals surface area (Å²) in [4.78, 5) is 13.4. The van der Waals surface area contributed by atoms with Crippen molar-refractivity contribution < 1.29 is 9.90 Å². The lowest BCUT2D eigenvalue weighted by Gasteiger charge is -2.50. The fourth-order valence-electron chi connectivity index (χ4n) is 4.84. The molecule has 24 heavy (non-hydrogen) atoms. The van der Waals surface area contributed by atoms with Gasteiger partial charge in [-0.15, -0.1) is 0 Å². The van der Waals surface area contributed by atoms with E-state index in [4.69, 9.17) is 16.7 Å². The Labute approximate surface area is 150 Å². The van der Waals surface area contributed by atoms with Gasteiger partial charge in [0.15, 0.2) is 0 Å². The molecule has 132 valence electrons. The van der Waals surface area contributed by atoms with Crippen LogP contribution in [0.15, 0.2) is 18.2 Å². The van der Waals surface area contributed by atoms with Crippen molar-refractivity contribution in [1.82, 2.24) is 0 Å². The van der Waals surface area contributed by atoms with Gasteiger partial charge in [-0.1, -0.05) is 24.6 Å². The summed E-state index contributed by atoms with van der Waals surface area (Å²) >= 11 is 6.41. The van der Waals surface area contributed by atoms with Gasteiger partial charge in [0.25, 0.3) is 0 Å². The molecular formula is C20H28ClNO2. The largest absolute Gasteiger partial charge is 0.481 e. The van der Waals surface area contributed by atoms with Crippen LogP contribution in [0.4, 0.5) is 5.69 Å². The lowest BCUT2D eigenvalue weighted by molar-refractivity contribution is -0.138. The molecule has 2 atom stereocenters. The first kappa shape index (κ1) is 17.6. The van der Waals surface area contributed by atoms with Crippen LogP contribution < -0.4 is 4.90 Å². The summed E-state index contributed by atoms with van der Waals surface area (Å²) in [6.45, 7) is 6.55. The number of aliphatic carboxylic acids is 1. The number of rotatable bonds is 3. The smallest absolute Gasteiger partial charge is 0.303 e. The van der Waals surface area contributed by atoms with Gasteiger partial charge in [-0.3, -0.25) is 4.79 Å². The normalized spacial score (nSPS) is 26.5. The van der Waals surface area contributed by atoms with Crippen molar-refractivity contribution in [1.29, 1.82) is 0 Å². The highest BCUT2D eigenvalue weighted by Crippen LogP contribution is 2.51. The molecule has 2 aliphatic rings. The van der Waals surface area contributed by atoms with E-state index in [1.165, 1.54) is 30.5 Å². The molecule has 4 heteroatoms. The molecule has 1 saturated carbocycles. The van der Waals surface area contributed by atoms with E-state index in [1.54, 1.807) is 0 Å². The van der Waals surface area contributed by atoms with Crippen LogP contribution >= 0.6 is 11.6 Å². The van der Waals surface area contributed by atoms with Crippen LogP contribution in [0.1, 0.15) is 51.0 Å². The number of aryl methyl sites for hydroxylation is 1. The van der Waals surface area contributed by atoms with Gasteiger partial charge >= 0.3 is 5.97 Å². The van der Waals surface area contributed by atoms with Gasteiger partial charge in [-0.2, -0.15) is 0 Å². The third-order valence-corrected chi connectivity index (χ3v) is 6.77. The molecule has 1 spiro atoms. The highest BCUT2D eigenvalue weighted by Gasteiger charge is 2.43. The molecule has 1 saturated heterocycles. The Kier molecular flexibility index (Phi) is 5.10. The van der Waals surface area contributed by atoms with Crippen LogP contribution in [0.2, 0.25) is 5.02 Å². The monoisotopic (exact) mass is 349 g/mol. The molecule has 0 radical (unpaired) electrons. The van der Waals surface area contributed by atoms with Gasteiger partial charge in [-0.05, 0) is 74.0 Å². The van der Waals surface area contributed by atoms with Gasteiger partial charge in [0.05, 0.1) is 10.7 Å². The molecule has 3 nitrogen and oxygen atoms in total. The minimum absolute atomic E-state index is 0.339. The zero-order valence-corrected chi connectivity index (χ0v) is 15.5. The van der Waals surface area contributed by atoms with Crippen LogP contribution in [0.5, 0.6) is 0 Å². The van der Waals surface area contributed by atoms with E-state index in [0.29, 0.717) is 23.7 Å². The summed E-state index contributed by atoms with van der Waals surface area (Å²) in [5.74, 6) is 0.338. The van der Waals surface area contributed by atoms with Crippen molar-refractivity contribution in [2.75, 3.05) is 18.0 Å². The molecule has 1 aliphatic heterocycles. The Hall–Kier alpha value is -1.22. The van der Waals surface area contributed by atoms with Crippen LogP contribution in [0, 0.1) is 24.2 Å². The number of carbonyl (C=O) groups is 1. The summed E-state index contributed by atoms with van der Waals surface area (Å²) in [5, 5.41) is 9.89. The topological polar surface area (TPSA) is 40.5 Å². The number of piperidine rings is 1. The molecular weight excluding hydrogens is 322 g/mol. The number of carboxylic acid groups (broad SMARTS) is 1. The summed E-state index contributed by atoms with van der Waals surface area (Å²) in [6.07, 6.45) is 6.04. The second-order valence-corrected chi connectivity index (χ2v) is 8.35. The summed E-state index contributed by atoms with van der Waals surface area (Å²) in [7, 11) is 0. The van der Waals surface area contributed by atoms with Crippen molar-refractivity contribution >= 4 is 23.3 Å². The summed E-state index contributed by atoms with van der Waals surface area (Å²) in [6, 6.07) is 6.24. The SMILES string of the molecule is Cc1ccc(Cl)c(N2CCC3(CCC(CC(=O)O)CC3C)CC2)c1. The number of anilines is 1. The van der Waals surface area contributed by atoms with Crippen LogP contribution in [-0.2, 0) is 4.79 Å². The Morgan fingerprint density at radius 2 is 2.04 bits per heavy atom. The highest BCUT2D eigenvalue weighted by atomic mass is 35.5. The number of hydrogen-bond donors (Lipinski definition) is 1. The van der Waals surface area contributed by atoms with Crippen molar-refractivity contribution in [2.24, 2.45) is 17.3 Å². The van der Waals surface area contributed by atoms with E-state index < -0.39 is 5.97 Å². The Balaban J connectivity index is 1.64. The first-order chi connectivity index (χ1) is 11.4. The van der Waals surface area contributed by atoms with E-state index >= 15 is 0 Å². The average molecular weight is 350 g/mol. The van der Waals surface area contributed by atoms with E-state index in [9.17, 15) is 4.79 Å². The maximum absolute atomic E-state index is 11.0. The van der Waals surface area contributed by atoms with E-state index in [-0.39, 0.29) is 0 Å². The predicted molar refractivity (Wildman–Crippen MR) is 98.8 cm³/mol. The van der Waals surface area contributed by atoms with E-state index in [1.807, 2.05) is 6.07 Å². The molecule has 0 amide bonds. The fraction of sp³-hybridized carbons (Fsp3) is 0.650. The van der Waals surface area contributed by atoms with Crippen LogP contribution in [-0.4, -0.2) is 24.2 Å². The number of hydrogen-bond acceptors (Lipinski definition) is 2. The molecule has 1 aromatic carbocycles. The zero-order valence-electron chi connectivity index (χ0n) is 14.7. The molecule has 1 aromatic rings. The van der Waals surface area contributed by atoms with Crippen molar-refractivity contribution in [3.8, 4) is 0 Å². The minimum atomic E-state index is -0.646. The molecule has 3 rings (SSSR count). The maximum Gasteiger partial charge on any atom is 0.303 e. The fourth-order valence-corrected chi connectivity index (χ4v) is 5.08. The van der Waals surface area contributed by atoms with Crippen LogP contribution in [0.3, 0.4) is 0 Å².